The first kappa shape index (κ1) is 19.2. The number of amides is 1. The SMILES string of the molecule is Cc1cc(C(=O)NNc2ccc(S(=O)(=O)NC3CC3)cc2)nn1-c1ccccc1. The molecule has 1 fully saturated rings. The highest BCUT2D eigenvalue weighted by Crippen LogP contribution is 2.22. The number of aryl methyl sites for hydroxylation is 1. The lowest BCUT2D eigenvalue weighted by molar-refractivity contribution is 0.0957. The van der Waals surface area contributed by atoms with Crippen LogP contribution in [0.5, 0.6) is 0 Å². The minimum atomic E-state index is -3.49. The molecule has 0 bridgehead atoms. The van der Waals surface area contributed by atoms with Crippen LogP contribution < -0.4 is 15.6 Å². The van der Waals surface area contributed by atoms with Gasteiger partial charge in [-0.25, -0.2) is 17.8 Å². The maximum absolute atomic E-state index is 12.4. The van der Waals surface area contributed by atoms with Gasteiger partial charge in [0.2, 0.25) is 10.0 Å². The maximum Gasteiger partial charge on any atom is 0.290 e. The van der Waals surface area contributed by atoms with Gasteiger partial charge in [-0.05, 0) is 62.2 Å². The molecule has 1 aliphatic carbocycles. The van der Waals surface area contributed by atoms with Crippen LogP contribution in [0.3, 0.4) is 0 Å². The molecule has 3 aromatic rings. The van der Waals surface area contributed by atoms with Gasteiger partial charge in [-0.1, -0.05) is 18.2 Å². The zero-order chi connectivity index (χ0) is 20.4. The number of hydrazine groups is 1. The molecular formula is C20H21N5O3S. The summed E-state index contributed by atoms with van der Waals surface area (Å²) in [6.07, 6.45) is 1.76. The van der Waals surface area contributed by atoms with Crippen molar-refractivity contribution in [3.05, 3.63) is 72.1 Å². The average molecular weight is 411 g/mol. The van der Waals surface area contributed by atoms with Crippen LogP contribution in [0.25, 0.3) is 5.69 Å². The van der Waals surface area contributed by atoms with E-state index in [4.69, 9.17) is 0 Å². The Labute approximate surface area is 169 Å². The molecule has 1 amide bonds. The third-order valence-electron chi connectivity index (χ3n) is 4.50. The summed E-state index contributed by atoms with van der Waals surface area (Å²) in [5, 5.41) is 4.35. The minimum absolute atomic E-state index is 0.0521. The van der Waals surface area contributed by atoms with Gasteiger partial charge >= 0.3 is 0 Å². The van der Waals surface area contributed by atoms with Crippen molar-refractivity contribution in [3.8, 4) is 5.69 Å². The summed E-state index contributed by atoms with van der Waals surface area (Å²) in [5.74, 6) is -0.394. The highest BCUT2D eigenvalue weighted by Gasteiger charge is 2.27. The van der Waals surface area contributed by atoms with E-state index in [1.807, 2.05) is 37.3 Å². The molecule has 8 nitrogen and oxygen atoms in total. The number of nitrogens with zero attached hydrogens (tertiary/aromatic N) is 2. The lowest BCUT2D eigenvalue weighted by Gasteiger charge is -2.09. The van der Waals surface area contributed by atoms with E-state index in [0.717, 1.165) is 24.2 Å². The molecule has 1 aliphatic rings. The summed E-state index contributed by atoms with van der Waals surface area (Å²) in [5.41, 5.74) is 7.89. The Bertz CT molecular complexity index is 1120. The van der Waals surface area contributed by atoms with Crippen molar-refractivity contribution in [2.75, 3.05) is 5.43 Å². The normalized spacial score (nSPS) is 13.8. The average Bonchev–Trinajstić information content (AvgIpc) is 3.44. The van der Waals surface area contributed by atoms with Gasteiger partial charge in [0.25, 0.3) is 5.91 Å². The van der Waals surface area contributed by atoms with E-state index in [-0.39, 0.29) is 16.6 Å². The number of para-hydroxylation sites is 1. The summed E-state index contributed by atoms with van der Waals surface area (Å²) in [7, 11) is -3.49. The summed E-state index contributed by atoms with van der Waals surface area (Å²) in [4.78, 5) is 12.6. The largest absolute Gasteiger partial charge is 0.298 e. The lowest BCUT2D eigenvalue weighted by Crippen LogP contribution is -2.30. The number of benzene rings is 2. The van der Waals surface area contributed by atoms with E-state index >= 15 is 0 Å². The smallest absolute Gasteiger partial charge is 0.290 e. The van der Waals surface area contributed by atoms with E-state index in [0.29, 0.717) is 5.69 Å². The van der Waals surface area contributed by atoms with E-state index in [1.165, 1.54) is 12.1 Å². The molecule has 0 unspecified atom stereocenters. The molecule has 0 aliphatic heterocycles. The first-order chi connectivity index (χ1) is 13.9. The number of aromatic nitrogens is 2. The zero-order valence-corrected chi connectivity index (χ0v) is 16.6. The Morgan fingerprint density at radius 3 is 2.41 bits per heavy atom. The van der Waals surface area contributed by atoms with Crippen molar-refractivity contribution in [1.82, 2.24) is 19.9 Å². The second-order valence-corrected chi connectivity index (χ2v) is 8.63. The standard InChI is InChI=1S/C20H21N5O3S/c1-14-13-19(23-25(14)17-5-3-2-4-6-17)20(26)22-21-15-9-11-18(12-10-15)29(27,28)24-16-7-8-16/h2-6,9-13,16,21,24H,7-8H2,1H3,(H,22,26). The number of carbonyl (C=O) groups is 1. The van der Waals surface area contributed by atoms with Crippen molar-refractivity contribution in [3.63, 3.8) is 0 Å². The van der Waals surface area contributed by atoms with Crippen LogP contribution in [-0.4, -0.2) is 30.1 Å². The maximum atomic E-state index is 12.4. The number of anilines is 1. The van der Waals surface area contributed by atoms with Crippen molar-refractivity contribution in [2.45, 2.75) is 30.7 Å². The molecule has 1 heterocycles. The topological polar surface area (TPSA) is 105 Å². The Kier molecular flexibility index (Phi) is 5.08. The second kappa shape index (κ2) is 7.69. The van der Waals surface area contributed by atoms with Gasteiger partial charge in [0.1, 0.15) is 0 Å². The number of hydrogen-bond donors (Lipinski definition) is 3. The van der Waals surface area contributed by atoms with Crippen LogP contribution in [0.1, 0.15) is 29.0 Å². The molecule has 0 radical (unpaired) electrons. The predicted molar refractivity (Wildman–Crippen MR) is 109 cm³/mol. The first-order valence-electron chi connectivity index (χ1n) is 9.23. The molecule has 0 saturated heterocycles. The number of nitrogens with one attached hydrogen (secondary N) is 3. The molecule has 150 valence electrons. The highest BCUT2D eigenvalue weighted by molar-refractivity contribution is 7.89. The molecule has 0 atom stereocenters. The quantitative estimate of drug-likeness (QED) is 0.518. The number of carbonyl (C=O) groups excluding carboxylic acids is 1. The van der Waals surface area contributed by atoms with Crippen LogP contribution >= 0.6 is 0 Å². The third-order valence-corrected chi connectivity index (χ3v) is 6.04. The van der Waals surface area contributed by atoms with Gasteiger partial charge in [-0.3, -0.25) is 15.6 Å². The van der Waals surface area contributed by atoms with Gasteiger partial charge < -0.3 is 0 Å². The van der Waals surface area contributed by atoms with Gasteiger partial charge in [-0.2, -0.15) is 5.10 Å². The Hall–Kier alpha value is -3.17. The lowest BCUT2D eigenvalue weighted by atomic mass is 10.3. The zero-order valence-electron chi connectivity index (χ0n) is 15.8. The van der Waals surface area contributed by atoms with Crippen LogP contribution in [0, 0.1) is 6.92 Å². The van der Waals surface area contributed by atoms with Crippen LogP contribution in [0.4, 0.5) is 5.69 Å². The van der Waals surface area contributed by atoms with Crippen molar-refractivity contribution >= 4 is 21.6 Å². The van der Waals surface area contributed by atoms with E-state index < -0.39 is 15.9 Å². The number of rotatable bonds is 7. The second-order valence-electron chi connectivity index (χ2n) is 6.92. The van der Waals surface area contributed by atoms with E-state index in [1.54, 1.807) is 22.9 Å². The van der Waals surface area contributed by atoms with Crippen molar-refractivity contribution in [1.29, 1.82) is 0 Å². The van der Waals surface area contributed by atoms with Crippen LogP contribution in [0.15, 0.2) is 65.6 Å². The summed E-state index contributed by atoms with van der Waals surface area (Å²) < 4.78 is 28.7. The van der Waals surface area contributed by atoms with Gasteiger partial charge in [0, 0.05) is 11.7 Å². The van der Waals surface area contributed by atoms with Crippen LogP contribution in [-0.2, 0) is 10.0 Å². The van der Waals surface area contributed by atoms with Gasteiger partial charge in [0.15, 0.2) is 5.69 Å². The first-order valence-corrected chi connectivity index (χ1v) is 10.7. The molecule has 1 aromatic heterocycles. The summed E-state index contributed by atoms with van der Waals surface area (Å²) in [6.45, 7) is 1.87. The molecular weight excluding hydrogens is 390 g/mol. The fraction of sp³-hybridized carbons (Fsp3) is 0.200. The van der Waals surface area contributed by atoms with E-state index in [9.17, 15) is 13.2 Å². The molecule has 9 heteroatoms. The molecule has 29 heavy (non-hydrogen) atoms. The number of sulfonamides is 1. The van der Waals surface area contributed by atoms with Crippen molar-refractivity contribution < 1.29 is 13.2 Å². The predicted octanol–water partition coefficient (Wildman–Crippen LogP) is 2.38. The van der Waals surface area contributed by atoms with Crippen LogP contribution in [0.2, 0.25) is 0 Å². The van der Waals surface area contributed by atoms with Crippen molar-refractivity contribution in [2.24, 2.45) is 0 Å². The number of hydrogen-bond acceptors (Lipinski definition) is 5. The minimum Gasteiger partial charge on any atom is -0.298 e. The monoisotopic (exact) mass is 411 g/mol. The Balaban J connectivity index is 1.40. The molecule has 0 spiro atoms. The highest BCUT2D eigenvalue weighted by atomic mass is 32.2. The summed E-state index contributed by atoms with van der Waals surface area (Å²) >= 11 is 0. The summed E-state index contributed by atoms with van der Waals surface area (Å²) in [6, 6.07) is 17.5. The fourth-order valence-electron chi connectivity index (χ4n) is 2.82. The molecule has 2 aromatic carbocycles. The van der Waals surface area contributed by atoms with Gasteiger partial charge in [-0.15, -0.1) is 0 Å². The third kappa shape index (κ3) is 4.47. The fourth-order valence-corrected chi connectivity index (χ4v) is 4.12. The molecule has 3 N–H and O–H groups in total. The molecule has 4 rings (SSSR count). The Morgan fingerprint density at radius 1 is 1.07 bits per heavy atom. The molecule has 1 saturated carbocycles. The van der Waals surface area contributed by atoms with Gasteiger partial charge in [0.05, 0.1) is 16.3 Å². The Morgan fingerprint density at radius 2 is 1.76 bits per heavy atom. The van der Waals surface area contributed by atoms with E-state index in [2.05, 4.69) is 20.7 Å².